The normalized spacial score (nSPS) is 14.6. The van der Waals surface area contributed by atoms with Gasteiger partial charge in [-0.15, -0.1) is 0 Å². The van der Waals surface area contributed by atoms with Crippen molar-refractivity contribution in [3.63, 3.8) is 0 Å². The van der Waals surface area contributed by atoms with Crippen LogP contribution in [0.2, 0.25) is 0 Å². The Labute approximate surface area is 243 Å². The Balaban J connectivity index is 1.16. The number of aromatic nitrogens is 4. The van der Waals surface area contributed by atoms with Gasteiger partial charge in [0.15, 0.2) is 5.13 Å². The van der Waals surface area contributed by atoms with Gasteiger partial charge in [0.2, 0.25) is 0 Å². The number of nitrogens with zero attached hydrogens (tertiary/aromatic N) is 4. The summed E-state index contributed by atoms with van der Waals surface area (Å²) in [6.07, 6.45) is 5.13. The van der Waals surface area contributed by atoms with Gasteiger partial charge in [-0.3, -0.25) is 9.59 Å². The molecule has 6 rings (SSSR count). The molecular weight excluding hydrogens is 536 g/mol. The van der Waals surface area contributed by atoms with Crippen molar-refractivity contribution in [3.05, 3.63) is 81.6 Å². The zero-order valence-corrected chi connectivity index (χ0v) is 24.1. The largest absolute Gasteiger partial charge is 0.383 e. The minimum absolute atomic E-state index is 0.107. The molecule has 0 saturated carbocycles. The van der Waals surface area contributed by atoms with Crippen molar-refractivity contribution in [2.75, 3.05) is 29.0 Å². The maximum Gasteiger partial charge on any atom is 0.267 e. The van der Waals surface area contributed by atoms with Crippen LogP contribution in [0.3, 0.4) is 0 Å². The van der Waals surface area contributed by atoms with E-state index in [0.29, 0.717) is 41.6 Å². The highest BCUT2D eigenvalue weighted by atomic mass is 32.1. The average Bonchev–Trinajstić information content (AvgIpc) is 3.72. The van der Waals surface area contributed by atoms with E-state index in [1.807, 2.05) is 12.1 Å². The first-order chi connectivity index (χ1) is 19.9. The Kier molecular flexibility index (Phi) is 7.69. The van der Waals surface area contributed by atoms with E-state index in [4.69, 9.17) is 0 Å². The third-order valence-electron chi connectivity index (χ3n) is 7.61. The Morgan fingerprint density at radius 3 is 2.63 bits per heavy atom. The summed E-state index contributed by atoms with van der Waals surface area (Å²) in [5, 5.41) is 21.7. The number of aromatic amines is 1. The van der Waals surface area contributed by atoms with Crippen LogP contribution in [-0.4, -0.2) is 56.2 Å². The Morgan fingerprint density at radius 2 is 1.85 bits per heavy atom. The average molecular weight is 571 g/mol. The van der Waals surface area contributed by atoms with Gasteiger partial charge in [-0.05, 0) is 54.5 Å². The molecule has 2 amide bonds. The number of carbonyl (C=O) groups excluding carboxylic acids is 2. The second kappa shape index (κ2) is 11.7. The summed E-state index contributed by atoms with van der Waals surface area (Å²) >= 11 is 1.34. The molecule has 11 heteroatoms. The number of amides is 2. The first kappa shape index (κ1) is 26.9. The minimum atomic E-state index is -0.257. The predicted octanol–water partition coefficient (Wildman–Crippen LogP) is 4.75. The third-order valence-corrected chi connectivity index (χ3v) is 8.54. The Hall–Kier alpha value is -4.25. The summed E-state index contributed by atoms with van der Waals surface area (Å²) in [6.45, 7) is 6.07. The lowest BCUT2D eigenvalue weighted by Crippen LogP contribution is -2.36. The van der Waals surface area contributed by atoms with Gasteiger partial charge in [0.1, 0.15) is 10.6 Å². The van der Waals surface area contributed by atoms with E-state index in [1.54, 1.807) is 17.2 Å². The molecule has 0 radical (unpaired) electrons. The van der Waals surface area contributed by atoms with Crippen molar-refractivity contribution in [2.24, 2.45) is 5.92 Å². The fraction of sp³-hybridized carbons (Fsp3) is 0.367. The number of hydrogen-bond donors (Lipinski definition) is 4. The van der Waals surface area contributed by atoms with Gasteiger partial charge in [-0.25, -0.2) is 4.98 Å². The van der Waals surface area contributed by atoms with Crippen LogP contribution in [0.5, 0.6) is 0 Å². The van der Waals surface area contributed by atoms with Gasteiger partial charge in [0, 0.05) is 31.1 Å². The molecule has 0 atom stereocenters. The minimum Gasteiger partial charge on any atom is -0.383 e. The molecule has 1 aliphatic carbocycles. The molecular formula is C30H34N8O2S. The first-order valence-corrected chi connectivity index (χ1v) is 14.9. The van der Waals surface area contributed by atoms with Gasteiger partial charge in [0.25, 0.3) is 11.8 Å². The van der Waals surface area contributed by atoms with Crippen molar-refractivity contribution in [2.45, 2.75) is 52.1 Å². The molecule has 0 fully saturated rings. The smallest absolute Gasteiger partial charge is 0.267 e. The van der Waals surface area contributed by atoms with Gasteiger partial charge in [0.05, 0.1) is 29.8 Å². The quantitative estimate of drug-likeness (QED) is 0.229. The number of nitrogens with one attached hydrogen (secondary N) is 4. The monoisotopic (exact) mass is 570 g/mol. The number of rotatable bonds is 9. The zero-order valence-electron chi connectivity index (χ0n) is 23.2. The molecule has 0 saturated heterocycles. The van der Waals surface area contributed by atoms with E-state index in [2.05, 4.69) is 74.5 Å². The van der Waals surface area contributed by atoms with Crippen LogP contribution in [0.15, 0.2) is 48.7 Å². The highest BCUT2D eigenvalue weighted by Gasteiger charge is 2.26. The fourth-order valence-corrected chi connectivity index (χ4v) is 6.14. The number of thiazole rings is 1. The maximum atomic E-state index is 13.4. The summed E-state index contributed by atoms with van der Waals surface area (Å²) < 4.78 is 0. The van der Waals surface area contributed by atoms with Crippen molar-refractivity contribution in [3.8, 4) is 0 Å². The standard InChI is InChI=1S/C30H34N8O2S/c1-18(2)9-11-31-23-8-7-21(29(40)38-12-10-24-26(17-38)36-37-35-24)15-25(23)34-28(39)27-16-32-30(41-27)33-22-13-19-5-3-4-6-20(19)14-22/h3-8,15-16,18,22,31H,9-14,17H2,1-2H3,(H,32,33)(H,34,39)(H,35,36,37). The molecule has 10 nitrogen and oxygen atoms in total. The van der Waals surface area contributed by atoms with Gasteiger partial charge >= 0.3 is 0 Å². The van der Waals surface area contributed by atoms with Crippen LogP contribution >= 0.6 is 11.3 Å². The molecule has 1 aliphatic heterocycles. The topological polar surface area (TPSA) is 128 Å². The molecule has 0 bridgehead atoms. The molecule has 2 aromatic carbocycles. The first-order valence-electron chi connectivity index (χ1n) is 14.1. The molecule has 4 aromatic rings. The summed E-state index contributed by atoms with van der Waals surface area (Å²) in [5.41, 5.74) is 6.27. The summed E-state index contributed by atoms with van der Waals surface area (Å²) in [7, 11) is 0. The highest BCUT2D eigenvalue weighted by molar-refractivity contribution is 7.17. The van der Waals surface area contributed by atoms with Crippen molar-refractivity contribution in [1.82, 2.24) is 25.3 Å². The lowest BCUT2D eigenvalue weighted by Gasteiger charge is -2.26. The van der Waals surface area contributed by atoms with E-state index in [0.717, 1.165) is 48.0 Å². The fourth-order valence-electron chi connectivity index (χ4n) is 5.35. The van der Waals surface area contributed by atoms with E-state index in [-0.39, 0.29) is 17.9 Å². The van der Waals surface area contributed by atoms with E-state index >= 15 is 0 Å². The molecule has 3 heterocycles. The molecule has 0 unspecified atom stereocenters. The van der Waals surface area contributed by atoms with E-state index < -0.39 is 0 Å². The summed E-state index contributed by atoms with van der Waals surface area (Å²) in [6, 6.07) is 14.2. The SMILES string of the molecule is CC(C)CCNc1ccc(C(=O)N2CCc3n[nH]nc3C2)cc1NC(=O)c1cnc(NC2Cc3ccccc3C2)s1. The van der Waals surface area contributed by atoms with Crippen LogP contribution in [0.1, 0.15) is 62.8 Å². The summed E-state index contributed by atoms with van der Waals surface area (Å²) in [5.74, 6) is 0.175. The van der Waals surface area contributed by atoms with Crippen LogP contribution in [0.4, 0.5) is 16.5 Å². The maximum absolute atomic E-state index is 13.4. The van der Waals surface area contributed by atoms with Crippen LogP contribution in [0.25, 0.3) is 0 Å². The van der Waals surface area contributed by atoms with Crippen molar-refractivity contribution < 1.29 is 9.59 Å². The van der Waals surface area contributed by atoms with Gasteiger partial charge < -0.3 is 20.9 Å². The van der Waals surface area contributed by atoms with Gasteiger partial charge in [-0.2, -0.15) is 15.4 Å². The molecule has 2 aromatic heterocycles. The highest BCUT2D eigenvalue weighted by Crippen LogP contribution is 2.29. The number of benzene rings is 2. The molecule has 41 heavy (non-hydrogen) atoms. The molecule has 2 aliphatic rings. The molecule has 0 spiro atoms. The van der Waals surface area contributed by atoms with Crippen LogP contribution in [0, 0.1) is 5.92 Å². The number of H-pyrrole nitrogens is 1. The third kappa shape index (κ3) is 6.09. The number of anilines is 3. The van der Waals surface area contributed by atoms with E-state index in [1.165, 1.54) is 22.5 Å². The number of carbonyl (C=O) groups is 2. The number of fused-ring (bicyclic) bond motifs is 2. The molecule has 4 N–H and O–H groups in total. The van der Waals surface area contributed by atoms with Crippen molar-refractivity contribution in [1.29, 1.82) is 0 Å². The Morgan fingerprint density at radius 1 is 1.07 bits per heavy atom. The predicted molar refractivity (Wildman–Crippen MR) is 161 cm³/mol. The molecule has 212 valence electrons. The second-order valence-corrected chi connectivity index (χ2v) is 12.1. The van der Waals surface area contributed by atoms with Crippen LogP contribution in [-0.2, 0) is 25.8 Å². The van der Waals surface area contributed by atoms with E-state index in [9.17, 15) is 9.59 Å². The van der Waals surface area contributed by atoms with Crippen molar-refractivity contribution >= 4 is 39.7 Å². The Bertz CT molecular complexity index is 1540. The second-order valence-electron chi connectivity index (χ2n) is 11.1. The summed E-state index contributed by atoms with van der Waals surface area (Å²) in [4.78, 5) is 33.5. The van der Waals surface area contributed by atoms with Crippen LogP contribution < -0.4 is 16.0 Å². The zero-order chi connectivity index (χ0) is 28.3. The number of hydrogen-bond acceptors (Lipinski definition) is 8. The van der Waals surface area contributed by atoms with Gasteiger partial charge in [-0.1, -0.05) is 49.4 Å². The lowest BCUT2D eigenvalue weighted by atomic mass is 10.1. The lowest BCUT2D eigenvalue weighted by molar-refractivity contribution is 0.0731.